The minimum Gasteiger partial charge on any atom is -0.351 e. The Labute approximate surface area is 143 Å². The maximum absolute atomic E-state index is 12.4. The second-order valence-corrected chi connectivity index (χ2v) is 7.81. The van der Waals surface area contributed by atoms with Gasteiger partial charge in [-0.3, -0.25) is 9.78 Å². The summed E-state index contributed by atoms with van der Waals surface area (Å²) in [5.74, 6) is -0.378. The number of pyridine rings is 1. The average Bonchev–Trinajstić information content (AvgIpc) is 2.54. The molecule has 0 radical (unpaired) electrons. The van der Waals surface area contributed by atoms with Crippen molar-refractivity contribution in [2.75, 3.05) is 13.6 Å². The predicted octanol–water partition coefficient (Wildman–Crippen LogP) is 1.78. The van der Waals surface area contributed by atoms with Crippen molar-refractivity contribution in [2.45, 2.75) is 11.4 Å². The van der Waals surface area contributed by atoms with Crippen LogP contribution < -0.4 is 5.32 Å². The summed E-state index contributed by atoms with van der Waals surface area (Å²) in [7, 11) is -2.32. The zero-order valence-corrected chi connectivity index (χ0v) is 14.8. The Balaban J connectivity index is 1.96. The molecule has 1 heterocycles. The fourth-order valence-corrected chi connectivity index (χ4v) is 3.22. The highest BCUT2D eigenvalue weighted by Crippen LogP contribution is 2.17. The summed E-state index contributed by atoms with van der Waals surface area (Å²) >= 11 is 3.25. The van der Waals surface area contributed by atoms with E-state index in [1.807, 2.05) is 6.07 Å². The molecule has 0 saturated carbocycles. The number of halogens is 1. The number of benzene rings is 1. The summed E-state index contributed by atoms with van der Waals surface area (Å²) in [4.78, 5) is 16.0. The lowest BCUT2D eigenvalue weighted by molar-refractivity contribution is -0.121. The van der Waals surface area contributed by atoms with Crippen molar-refractivity contribution in [2.24, 2.45) is 0 Å². The van der Waals surface area contributed by atoms with Crippen molar-refractivity contribution in [3.05, 3.63) is 58.8 Å². The van der Waals surface area contributed by atoms with E-state index in [0.717, 1.165) is 14.3 Å². The van der Waals surface area contributed by atoms with Crippen LogP contribution >= 0.6 is 15.9 Å². The number of hydrogen-bond donors (Lipinski definition) is 1. The Kier molecular flexibility index (Phi) is 5.86. The molecule has 0 atom stereocenters. The summed E-state index contributed by atoms with van der Waals surface area (Å²) in [6, 6.07) is 9.86. The number of amides is 1. The molecular formula is C15H16BrN3O3S. The minimum absolute atomic E-state index is 0.142. The first-order valence-electron chi connectivity index (χ1n) is 6.77. The molecule has 6 nitrogen and oxygen atoms in total. The third-order valence-corrected chi connectivity index (χ3v) is 5.45. The van der Waals surface area contributed by atoms with Crippen LogP contribution in [0.15, 0.2) is 58.2 Å². The molecule has 0 aliphatic carbocycles. The number of rotatable bonds is 6. The van der Waals surface area contributed by atoms with E-state index in [2.05, 4.69) is 26.2 Å². The second-order valence-electron chi connectivity index (χ2n) is 4.85. The van der Waals surface area contributed by atoms with Crippen LogP contribution in [0.3, 0.4) is 0 Å². The van der Waals surface area contributed by atoms with E-state index < -0.39 is 10.0 Å². The van der Waals surface area contributed by atoms with Crippen molar-refractivity contribution < 1.29 is 13.2 Å². The van der Waals surface area contributed by atoms with Gasteiger partial charge in [0, 0.05) is 30.5 Å². The molecule has 122 valence electrons. The molecule has 2 rings (SSSR count). The number of likely N-dealkylation sites (N-methyl/N-ethyl adjacent to an activating group) is 1. The van der Waals surface area contributed by atoms with Crippen LogP contribution in [-0.2, 0) is 21.4 Å². The van der Waals surface area contributed by atoms with Gasteiger partial charge in [0.15, 0.2) is 0 Å². The maximum atomic E-state index is 12.4. The van der Waals surface area contributed by atoms with Gasteiger partial charge in [-0.2, -0.15) is 4.31 Å². The molecule has 0 aliphatic heterocycles. The number of carbonyl (C=O) groups excluding carboxylic acids is 1. The van der Waals surface area contributed by atoms with Gasteiger partial charge in [-0.1, -0.05) is 22.0 Å². The van der Waals surface area contributed by atoms with Gasteiger partial charge in [0.25, 0.3) is 0 Å². The van der Waals surface area contributed by atoms with Crippen LogP contribution in [0.1, 0.15) is 5.56 Å². The molecule has 2 aromatic rings. The van der Waals surface area contributed by atoms with E-state index in [4.69, 9.17) is 0 Å². The van der Waals surface area contributed by atoms with Gasteiger partial charge >= 0.3 is 0 Å². The Morgan fingerprint density at radius 3 is 2.57 bits per heavy atom. The highest BCUT2D eigenvalue weighted by atomic mass is 79.9. The zero-order chi connectivity index (χ0) is 16.9. The lowest BCUT2D eigenvalue weighted by Gasteiger charge is -2.17. The van der Waals surface area contributed by atoms with Crippen LogP contribution in [0, 0.1) is 0 Å². The highest BCUT2D eigenvalue weighted by Gasteiger charge is 2.22. The minimum atomic E-state index is -3.69. The molecule has 23 heavy (non-hydrogen) atoms. The van der Waals surface area contributed by atoms with E-state index in [9.17, 15) is 13.2 Å². The molecule has 1 N–H and O–H groups in total. The standard InChI is InChI=1S/C15H16BrN3O3S/c1-19(23(21,22)14-6-4-13(16)5-7-14)11-15(20)18-10-12-3-2-8-17-9-12/h2-9H,10-11H2,1H3,(H,18,20). The van der Waals surface area contributed by atoms with Crippen molar-refractivity contribution in [3.63, 3.8) is 0 Å². The van der Waals surface area contributed by atoms with Gasteiger partial charge in [-0.05, 0) is 35.9 Å². The van der Waals surface area contributed by atoms with Crippen LogP contribution in [0.5, 0.6) is 0 Å². The molecule has 0 aliphatic rings. The number of nitrogens with one attached hydrogen (secondary N) is 1. The summed E-state index contributed by atoms with van der Waals surface area (Å²) in [5, 5.41) is 2.67. The molecule has 0 fully saturated rings. The van der Waals surface area contributed by atoms with E-state index in [-0.39, 0.29) is 17.3 Å². The smallest absolute Gasteiger partial charge is 0.243 e. The third kappa shape index (κ3) is 4.85. The van der Waals surface area contributed by atoms with Crippen LogP contribution in [0.25, 0.3) is 0 Å². The molecule has 8 heteroatoms. The molecule has 0 bridgehead atoms. The third-order valence-electron chi connectivity index (χ3n) is 3.10. The predicted molar refractivity (Wildman–Crippen MR) is 90.0 cm³/mol. The Hall–Kier alpha value is -1.77. The van der Waals surface area contributed by atoms with Gasteiger partial charge in [0.1, 0.15) is 0 Å². The van der Waals surface area contributed by atoms with Gasteiger partial charge in [-0.15, -0.1) is 0 Å². The fourth-order valence-electron chi connectivity index (χ4n) is 1.83. The van der Waals surface area contributed by atoms with Crippen LogP contribution in [-0.4, -0.2) is 37.2 Å². The van der Waals surface area contributed by atoms with E-state index in [1.54, 1.807) is 30.6 Å². The number of nitrogens with zero attached hydrogens (tertiary/aromatic N) is 2. The lowest BCUT2D eigenvalue weighted by Crippen LogP contribution is -2.38. The van der Waals surface area contributed by atoms with E-state index >= 15 is 0 Å². The van der Waals surface area contributed by atoms with Crippen molar-refractivity contribution in [1.82, 2.24) is 14.6 Å². The second kappa shape index (κ2) is 7.67. The first-order chi connectivity index (χ1) is 10.9. The summed E-state index contributed by atoms with van der Waals surface area (Å²) in [5.41, 5.74) is 0.847. The summed E-state index contributed by atoms with van der Waals surface area (Å²) < 4.78 is 26.6. The molecule has 0 unspecified atom stereocenters. The number of aromatic nitrogens is 1. The Morgan fingerprint density at radius 1 is 1.26 bits per heavy atom. The van der Waals surface area contributed by atoms with Crippen LogP contribution in [0.4, 0.5) is 0 Å². The van der Waals surface area contributed by atoms with Crippen molar-refractivity contribution in [1.29, 1.82) is 0 Å². The molecule has 0 saturated heterocycles. The molecule has 1 aromatic heterocycles. The lowest BCUT2D eigenvalue weighted by atomic mass is 10.3. The molecule has 1 amide bonds. The van der Waals surface area contributed by atoms with E-state index in [1.165, 1.54) is 19.2 Å². The highest BCUT2D eigenvalue weighted by molar-refractivity contribution is 9.10. The molecule has 0 spiro atoms. The topological polar surface area (TPSA) is 79.4 Å². The average molecular weight is 398 g/mol. The van der Waals surface area contributed by atoms with Gasteiger partial charge in [0.05, 0.1) is 11.4 Å². The van der Waals surface area contributed by atoms with Gasteiger partial charge in [0.2, 0.25) is 15.9 Å². The monoisotopic (exact) mass is 397 g/mol. The number of carbonyl (C=O) groups is 1. The zero-order valence-electron chi connectivity index (χ0n) is 12.4. The Morgan fingerprint density at radius 2 is 1.96 bits per heavy atom. The number of sulfonamides is 1. The summed E-state index contributed by atoms with van der Waals surface area (Å²) in [6.07, 6.45) is 3.28. The molecule has 1 aromatic carbocycles. The van der Waals surface area contributed by atoms with Crippen molar-refractivity contribution in [3.8, 4) is 0 Å². The van der Waals surface area contributed by atoms with Crippen molar-refractivity contribution >= 4 is 31.9 Å². The number of hydrogen-bond acceptors (Lipinski definition) is 4. The summed E-state index contributed by atoms with van der Waals surface area (Å²) in [6.45, 7) is 0.0531. The molecular weight excluding hydrogens is 382 g/mol. The largest absolute Gasteiger partial charge is 0.351 e. The van der Waals surface area contributed by atoms with E-state index in [0.29, 0.717) is 6.54 Å². The normalized spacial score (nSPS) is 11.4. The quantitative estimate of drug-likeness (QED) is 0.805. The first-order valence-corrected chi connectivity index (χ1v) is 9.00. The Bertz CT molecular complexity index is 764. The fraction of sp³-hybridized carbons (Fsp3) is 0.200. The van der Waals surface area contributed by atoms with Gasteiger partial charge in [-0.25, -0.2) is 8.42 Å². The first kappa shape index (κ1) is 17.6. The maximum Gasteiger partial charge on any atom is 0.243 e. The van der Waals surface area contributed by atoms with Gasteiger partial charge < -0.3 is 5.32 Å². The SMILES string of the molecule is CN(CC(=O)NCc1cccnc1)S(=O)(=O)c1ccc(Br)cc1. The van der Waals surface area contributed by atoms with Crippen LogP contribution in [0.2, 0.25) is 0 Å².